The van der Waals surface area contributed by atoms with Gasteiger partial charge in [0.05, 0.1) is 6.54 Å². The standard InChI is InChI=1S/C16H19ClN4O/c17-13-4-2-1-3-12(13)14-9-18-7-8-21(14)10-15-19-16(22-20-15)11-5-6-11/h1-4,11,14,18H,5-10H2. The van der Waals surface area contributed by atoms with Crippen LogP contribution >= 0.6 is 11.6 Å². The van der Waals surface area contributed by atoms with Gasteiger partial charge in [-0.1, -0.05) is 35.0 Å². The average molecular weight is 319 g/mol. The monoisotopic (exact) mass is 318 g/mol. The summed E-state index contributed by atoms with van der Waals surface area (Å²) in [7, 11) is 0. The molecule has 2 aromatic rings. The second-order valence-corrected chi connectivity index (χ2v) is 6.44. The van der Waals surface area contributed by atoms with Crippen molar-refractivity contribution < 1.29 is 4.52 Å². The zero-order valence-corrected chi connectivity index (χ0v) is 13.1. The molecular weight excluding hydrogens is 300 g/mol. The molecule has 1 unspecified atom stereocenters. The summed E-state index contributed by atoms with van der Waals surface area (Å²) in [6.07, 6.45) is 2.36. The van der Waals surface area contributed by atoms with Gasteiger partial charge in [-0.15, -0.1) is 0 Å². The Morgan fingerprint density at radius 1 is 1.32 bits per heavy atom. The molecule has 0 spiro atoms. The van der Waals surface area contributed by atoms with Crippen LogP contribution in [-0.2, 0) is 6.54 Å². The summed E-state index contributed by atoms with van der Waals surface area (Å²) >= 11 is 6.38. The Labute approximate surface area is 134 Å². The van der Waals surface area contributed by atoms with Crippen LogP contribution in [0.2, 0.25) is 5.02 Å². The van der Waals surface area contributed by atoms with E-state index in [1.807, 2.05) is 18.2 Å². The van der Waals surface area contributed by atoms with Crippen LogP contribution in [0.25, 0.3) is 0 Å². The van der Waals surface area contributed by atoms with Gasteiger partial charge in [0.15, 0.2) is 5.82 Å². The highest BCUT2D eigenvalue weighted by atomic mass is 35.5. The van der Waals surface area contributed by atoms with Crippen LogP contribution in [0.3, 0.4) is 0 Å². The van der Waals surface area contributed by atoms with Gasteiger partial charge >= 0.3 is 0 Å². The normalized spacial score (nSPS) is 22.9. The van der Waals surface area contributed by atoms with Gasteiger partial charge in [-0.25, -0.2) is 0 Å². The number of hydrogen-bond acceptors (Lipinski definition) is 5. The first-order valence-corrected chi connectivity index (χ1v) is 8.21. The summed E-state index contributed by atoms with van der Waals surface area (Å²) in [6, 6.07) is 8.29. The van der Waals surface area contributed by atoms with Crippen molar-refractivity contribution in [3.63, 3.8) is 0 Å². The minimum absolute atomic E-state index is 0.241. The Bertz CT molecular complexity index is 655. The Morgan fingerprint density at radius 3 is 3.00 bits per heavy atom. The molecule has 2 heterocycles. The van der Waals surface area contributed by atoms with Crippen LogP contribution in [0.1, 0.15) is 42.1 Å². The van der Waals surface area contributed by atoms with Crippen molar-refractivity contribution >= 4 is 11.6 Å². The van der Waals surface area contributed by atoms with E-state index >= 15 is 0 Å². The molecule has 0 bridgehead atoms. The Morgan fingerprint density at radius 2 is 2.18 bits per heavy atom. The molecule has 22 heavy (non-hydrogen) atoms. The van der Waals surface area contributed by atoms with Crippen LogP contribution in [0.5, 0.6) is 0 Å². The Hall–Kier alpha value is -1.43. The molecule has 1 aromatic heterocycles. The maximum Gasteiger partial charge on any atom is 0.229 e. The van der Waals surface area contributed by atoms with Gasteiger partial charge in [-0.2, -0.15) is 4.98 Å². The van der Waals surface area contributed by atoms with Crippen molar-refractivity contribution in [2.75, 3.05) is 19.6 Å². The van der Waals surface area contributed by atoms with E-state index in [0.717, 1.165) is 41.9 Å². The second-order valence-electron chi connectivity index (χ2n) is 6.04. The molecule has 1 atom stereocenters. The number of aromatic nitrogens is 2. The predicted octanol–water partition coefficient (Wildman–Crippen LogP) is 2.75. The molecule has 1 aliphatic carbocycles. The highest BCUT2D eigenvalue weighted by Crippen LogP contribution is 2.39. The first-order chi connectivity index (χ1) is 10.8. The van der Waals surface area contributed by atoms with Gasteiger partial charge in [0.25, 0.3) is 0 Å². The van der Waals surface area contributed by atoms with Gasteiger partial charge < -0.3 is 9.84 Å². The minimum atomic E-state index is 0.241. The molecule has 1 saturated heterocycles. The summed E-state index contributed by atoms with van der Waals surface area (Å²) in [6.45, 7) is 3.50. The van der Waals surface area contributed by atoms with Crippen molar-refractivity contribution in [2.45, 2.75) is 31.3 Å². The fourth-order valence-corrected chi connectivity index (χ4v) is 3.26. The molecule has 1 N–H and O–H groups in total. The zero-order valence-electron chi connectivity index (χ0n) is 12.3. The number of nitrogens with zero attached hydrogens (tertiary/aromatic N) is 3. The minimum Gasteiger partial charge on any atom is -0.339 e. The summed E-state index contributed by atoms with van der Waals surface area (Å²) in [5.41, 5.74) is 1.15. The number of halogens is 1. The third-order valence-corrected chi connectivity index (χ3v) is 4.72. The number of hydrogen-bond donors (Lipinski definition) is 1. The van der Waals surface area contributed by atoms with Gasteiger partial charge in [0, 0.05) is 36.6 Å². The van der Waals surface area contributed by atoms with Crippen LogP contribution in [0.4, 0.5) is 0 Å². The molecule has 0 amide bonds. The van der Waals surface area contributed by atoms with Crippen molar-refractivity contribution in [3.8, 4) is 0 Å². The Balaban J connectivity index is 1.53. The maximum atomic E-state index is 6.38. The van der Waals surface area contributed by atoms with Crippen molar-refractivity contribution in [2.24, 2.45) is 0 Å². The molecular formula is C16H19ClN4O. The molecule has 1 aliphatic heterocycles. The van der Waals surface area contributed by atoms with E-state index in [9.17, 15) is 0 Å². The van der Waals surface area contributed by atoms with E-state index in [4.69, 9.17) is 16.1 Å². The first-order valence-electron chi connectivity index (χ1n) is 7.83. The van der Waals surface area contributed by atoms with E-state index in [-0.39, 0.29) is 6.04 Å². The highest BCUT2D eigenvalue weighted by molar-refractivity contribution is 6.31. The van der Waals surface area contributed by atoms with Crippen molar-refractivity contribution in [3.05, 3.63) is 46.6 Å². The number of nitrogens with one attached hydrogen (secondary N) is 1. The molecule has 0 radical (unpaired) electrons. The first kappa shape index (κ1) is 14.2. The zero-order chi connectivity index (χ0) is 14.9. The lowest BCUT2D eigenvalue weighted by atomic mass is 10.0. The SMILES string of the molecule is Clc1ccccc1C1CNCCN1Cc1noc(C2CC2)n1. The summed E-state index contributed by atoms with van der Waals surface area (Å²) in [5, 5.41) is 8.40. The van der Waals surface area contributed by atoms with E-state index in [2.05, 4.69) is 26.4 Å². The maximum absolute atomic E-state index is 6.38. The van der Waals surface area contributed by atoms with Gasteiger partial charge in [-0.05, 0) is 24.5 Å². The van der Waals surface area contributed by atoms with E-state index in [0.29, 0.717) is 12.5 Å². The van der Waals surface area contributed by atoms with Gasteiger partial charge in [0.2, 0.25) is 5.89 Å². The second kappa shape index (κ2) is 5.99. The lowest BCUT2D eigenvalue weighted by Crippen LogP contribution is -2.45. The summed E-state index contributed by atoms with van der Waals surface area (Å²) in [5.74, 6) is 2.09. The van der Waals surface area contributed by atoms with E-state index < -0.39 is 0 Å². The van der Waals surface area contributed by atoms with E-state index in [1.54, 1.807) is 0 Å². The molecule has 116 valence electrons. The van der Waals surface area contributed by atoms with Crippen LogP contribution in [-0.4, -0.2) is 34.7 Å². The van der Waals surface area contributed by atoms with E-state index in [1.165, 1.54) is 12.8 Å². The topological polar surface area (TPSA) is 54.2 Å². The fraction of sp³-hybridized carbons (Fsp3) is 0.500. The molecule has 1 saturated carbocycles. The molecule has 5 nitrogen and oxygen atoms in total. The predicted molar refractivity (Wildman–Crippen MR) is 83.7 cm³/mol. The van der Waals surface area contributed by atoms with Crippen molar-refractivity contribution in [1.82, 2.24) is 20.4 Å². The molecule has 2 fully saturated rings. The molecule has 1 aromatic carbocycles. The molecule has 6 heteroatoms. The highest BCUT2D eigenvalue weighted by Gasteiger charge is 2.31. The van der Waals surface area contributed by atoms with Gasteiger partial charge in [0.1, 0.15) is 0 Å². The average Bonchev–Trinajstić information content (AvgIpc) is 3.29. The third kappa shape index (κ3) is 2.89. The van der Waals surface area contributed by atoms with Crippen molar-refractivity contribution in [1.29, 1.82) is 0 Å². The quantitative estimate of drug-likeness (QED) is 0.939. The largest absolute Gasteiger partial charge is 0.339 e. The molecule has 4 rings (SSSR count). The number of benzene rings is 1. The van der Waals surface area contributed by atoms with Gasteiger partial charge in [-0.3, -0.25) is 4.90 Å². The van der Waals surface area contributed by atoms with Crippen LogP contribution in [0.15, 0.2) is 28.8 Å². The summed E-state index contributed by atoms with van der Waals surface area (Å²) < 4.78 is 5.37. The number of piperazine rings is 1. The summed E-state index contributed by atoms with van der Waals surface area (Å²) in [4.78, 5) is 6.92. The Kier molecular flexibility index (Phi) is 3.86. The lowest BCUT2D eigenvalue weighted by molar-refractivity contribution is 0.148. The van der Waals surface area contributed by atoms with Crippen LogP contribution in [0, 0.1) is 0 Å². The number of rotatable bonds is 4. The van der Waals surface area contributed by atoms with Crippen LogP contribution < -0.4 is 5.32 Å². The lowest BCUT2D eigenvalue weighted by Gasteiger charge is -2.36. The smallest absolute Gasteiger partial charge is 0.229 e. The third-order valence-electron chi connectivity index (χ3n) is 4.37. The fourth-order valence-electron chi connectivity index (χ4n) is 3.00. The molecule has 2 aliphatic rings.